The van der Waals surface area contributed by atoms with Crippen molar-refractivity contribution in [2.75, 3.05) is 25.2 Å². The third-order valence-electron chi connectivity index (χ3n) is 3.33. The fraction of sp³-hybridized carbons (Fsp3) is 0.692. The number of hydrogen-bond acceptors (Lipinski definition) is 5. The highest BCUT2D eigenvalue weighted by atomic mass is 35.5. The Labute approximate surface area is 124 Å². The first kappa shape index (κ1) is 16.5. The lowest BCUT2D eigenvalue weighted by Gasteiger charge is -2.30. The van der Waals surface area contributed by atoms with Crippen LogP contribution in [0, 0.1) is 0 Å². The van der Waals surface area contributed by atoms with Crippen molar-refractivity contribution in [3.05, 3.63) is 17.0 Å². The molecule has 0 aliphatic heterocycles. The summed E-state index contributed by atoms with van der Waals surface area (Å²) in [5.41, 5.74) is 0. The van der Waals surface area contributed by atoms with Gasteiger partial charge in [0.15, 0.2) is 5.82 Å². The number of hydrogen-bond donors (Lipinski definition) is 1. The van der Waals surface area contributed by atoms with Gasteiger partial charge in [0.25, 0.3) is 0 Å². The van der Waals surface area contributed by atoms with Crippen molar-refractivity contribution in [2.45, 2.75) is 38.0 Å². The molecule has 1 heterocycles. The highest BCUT2D eigenvalue weighted by molar-refractivity contribution is 8.00. The molecule has 19 heavy (non-hydrogen) atoms. The van der Waals surface area contributed by atoms with Crippen LogP contribution in [0.1, 0.15) is 32.5 Å². The molecule has 1 rings (SSSR count). The van der Waals surface area contributed by atoms with Crippen LogP contribution in [0.25, 0.3) is 0 Å². The Bertz CT molecular complexity index is 391. The average molecular weight is 304 g/mol. The predicted octanol–water partition coefficient (Wildman–Crippen LogP) is 3.61. The van der Waals surface area contributed by atoms with E-state index in [-0.39, 0.29) is 4.75 Å². The fourth-order valence-electron chi connectivity index (χ4n) is 1.86. The second-order valence-corrected chi connectivity index (χ2v) is 6.03. The monoisotopic (exact) mass is 303 g/mol. The summed E-state index contributed by atoms with van der Waals surface area (Å²) in [6, 6.07) is 1.75. The first-order valence-electron chi connectivity index (χ1n) is 6.40. The maximum Gasteiger partial charge on any atom is 0.158 e. The van der Waals surface area contributed by atoms with Crippen LogP contribution in [0.4, 0.5) is 5.82 Å². The maximum atomic E-state index is 5.99. The minimum atomic E-state index is 0.235. The highest BCUT2D eigenvalue weighted by Crippen LogP contribution is 2.30. The van der Waals surface area contributed by atoms with Gasteiger partial charge in [-0.3, -0.25) is 0 Å². The molecule has 0 aliphatic rings. The number of anilines is 1. The van der Waals surface area contributed by atoms with E-state index in [0.717, 1.165) is 25.2 Å². The molecule has 0 fully saturated rings. The van der Waals surface area contributed by atoms with Gasteiger partial charge in [-0.05, 0) is 19.1 Å². The van der Waals surface area contributed by atoms with Crippen molar-refractivity contribution < 1.29 is 4.74 Å². The highest BCUT2D eigenvalue weighted by Gasteiger charge is 2.24. The van der Waals surface area contributed by atoms with E-state index >= 15 is 0 Å². The summed E-state index contributed by atoms with van der Waals surface area (Å²) in [7, 11) is 1.62. The number of nitrogens with zero attached hydrogens (tertiary/aromatic N) is 2. The van der Waals surface area contributed by atoms with Gasteiger partial charge in [0.05, 0.1) is 0 Å². The number of thioether (sulfide) groups is 1. The lowest BCUT2D eigenvalue weighted by Crippen LogP contribution is -2.32. The van der Waals surface area contributed by atoms with E-state index in [1.807, 2.05) is 11.8 Å². The molecule has 0 spiro atoms. The zero-order chi connectivity index (χ0) is 14.3. The summed E-state index contributed by atoms with van der Waals surface area (Å²) >= 11 is 7.88. The van der Waals surface area contributed by atoms with Crippen LogP contribution in [0.5, 0.6) is 0 Å². The SMILES string of the molecule is CCC(CC)(CNc1cc(Cl)nc(COC)n1)SC. The van der Waals surface area contributed by atoms with Gasteiger partial charge >= 0.3 is 0 Å². The lowest BCUT2D eigenvalue weighted by molar-refractivity contribution is 0.178. The van der Waals surface area contributed by atoms with Crippen LogP contribution >= 0.6 is 23.4 Å². The Balaban J connectivity index is 2.76. The predicted molar refractivity (Wildman–Crippen MR) is 83.1 cm³/mol. The Morgan fingerprint density at radius 2 is 2.05 bits per heavy atom. The van der Waals surface area contributed by atoms with Gasteiger partial charge in [-0.1, -0.05) is 25.4 Å². The molecular weight excluding hydrogens is 282 g/mol. The smallest absolute Gasteiger partial charge is 0.158 e. The minimum absolute atomic E-state index is 0.235. The van der Waals surface area contributed by atoms with Crippen molar-refractivity contribution in [1.82, 2.24) is 9.97 Å². The van der Waals surface area contributed by atoms with Crippen LogP contribution < -0.4 is 5.32 Å². The molecule has 0 aliphatic carbocycles. The van der Waals surface area contributed by atoms with Crippen LogP contribution in [0.2, 0.25) is 5.15 Å². The zero-order valence-corrected chi connectivity index (χ0v) is 13.6. The Morgan fingerprint density at radius 1 is 1.37 bits per heavy atom. The van der Waals surface area contributed by atoms with E-state index in [1.54, 1.807) is 13.2 Å². The molecule has 108 valence electrons. The maximum absolute atomic E-state index is 5.99. The summed E-state index contributed by atoms with van der Waals surface area (Å²) in [5.74, 6) is 1.35. The lowest BCUT2D eigenvalue weighted by atomic mass is 10.0. The van der Waals surface area contributed by atoms with E-state index in [9.17, 15) is 0 Å². The Kier molecular flexibility index (Phi) is 6.89. The molecule has 0 atom stereocenters. The van der Waals surface area contributed by atoms with Crippen molar-refractivity contribution in [1.29, 1.82) is 0 Å². The second-order valence-electron chi connectivity index (χ2n) is 4.37. The molecule has 4 nitrogen and oxygen atoms in total. The summed E-state index contributed by atoms with van der Waals surface area (Å²) in [4.78, 5) is 8.50. The van der Waals surface area contributed by atoms with Gasteiger partial charge in [-0.2, -0.15) is 11.8 Å². The molecule has 6 heteroatoms. The summed E-state index contributed by atoms with van der Waals surface area (Å²) in [6.07, 6.45) is 4.38. The van der Waals surface area contributed by atoms with E-state index in [2.05, 4.69) is 35.4 Å². The van der Waals surface area contributed by atoms with Gasteiger partial charge in [0, 0.05) is 24.5 Å². The number of ether oxygens (including phenoxy) is 1. The first-order valence-corrected chi connectivity index (χ1v) is 8.00. The van der Waals surface area contributed by atoms with Gasteiger partial charge in [-0.15, -0.1) is 0 Å². The average Bonchev–Trinajstić information content (AvgIpc) is 2.41. The number of methoxy groups -OCH3 is 1. The van der Waals surface area contributed by atoms with Gasteiger partial charge in [0.1, 0.15) is 17.6 Å². The minimum Gasteiger partial charge on any atom is -0.377 e. The third kappa shape index (κ3) is 4.82. The van der Waals surface area contributed by atoms with Crippen molar-refractivity contribution in [3.8, 4) is 0 Å². The van der Waals surface area contributed by atoms with E-state index in [4.69, 9.17) is 16.3 Å². The molecule has 0 saturated heterocycles. The number of nitrogens with one attached hydrogen (secondary N) is 1. The Morgan fingerprint density at radius 3 is 2.58 bits per heavy atom. The molecule has 1 aromatic rings. The van der Waals surface area contributed by atoms with Gasteiger partial charge < -0.3 is 10.1 Å². The van der Waals surface area contributed by atoms with Gasteiger partial charge in [-0.25, -0.2) is 9.97 Å². The van der Waals surface area contributed by atoms with Crippen molar-refractivity contribution in [3.63, 3.8) is 0 Å². The van der Waals surface area contributed by atoms with Crippen LogP contribution in [0.15, 0.2) is 6.07 Å². The fourth-order valence-corrected chi connectivity index (χ4v) is 2.86. The van der Waals surface area contributed by atoms with E-state index in [0.29, 0.717) is 17.6 Å². The zero-order valence-electron chi connectivity index (χ0n) is 12.0. The molecule has 0 radical (unpaired) electrons. The molecule has 0 unspecified atom stereocenters. The van der Waals surface area contributed by atoms with Gasteiger partial charge in [0.2, 0.25) is 0 Å². The van der Waals surface area contributed by atoms with Crippen LogP contribution in [-0.2, 0) is 11.3 Å². The number of rotatable bonds is 8. The summed E-state index contributed by atoms with van der Waals surface area (Å²) < 4.78 is 5.27. The molecular formula is C13H22ClN3OS. The van der Waals surface area contributed by atoms with Crippen LogP contribution in [-0.4, -0.2) is 34.6 Å². The number of halogens is 1. The molecule has 0 bridgehead atoms. The summed E-state index contributed by atoms with van der Waals surface area (Å²) in [6.45, 7) is 5.65. The van der Waals surface area contributed by atoms with E-state index < -0.39 is 0 Å². The molecule has 0 saturated carbocycles. The second kappa shape index (κ2) is 7.92. The standard InChI is InChI=1S/C13H22ClN3OS/c1-5-13(6-2,19-4)9-15-11-7-10(14)16-12(17-11)8-18-3/h7H,5-6,8-9H2,1-4H3,(H,15,16,17). The third-order valence-corrected chi connectivity index (χ3v) is 5.11. The normalized spacial score (nSPS) is 11.6. The Hall–Kier alpha value is -0.520. The molecule has 0 amide bonds. The summed E-state index contributed by atoms with van der Waals surface area (Å²) in [5, 5.41) is 3.80. The number of aromatic nitrogens is 2. The molecule has 1 N–H and O–H groups in total. The van der Waals surface area contributed by atoms with Crippen molar-refractivity contribution >= 4 is 29.2 Å². The topological polar surface area (TPSA) is 47.0 Å². The quantitative estimate of drug-likeness (QED) is 0.743. The van der Waals surface area contributed by atoms with Crippen molar-refractivity contribution in [2.24, 2.45) is 0 Å². The molecule has 1 aromatic heterocycles. The largest absolute Gasteiger partial charge is 0.377 e. The van der Waals surface area contributed by atoms with E-state index in [1.165, 1.54) is 0 Å². The first-order chi connectivity index (χ1) is 9.09. The molecule has 0 aromatic carbocycles. The van der Waals surface area contributed by atoms with Crippen LogP contribution in [0.3, 0.4) is 0 Å².